The van der Waals surface area contributed by atoms with Crippen molar-refractivity contribution in [1.29, 1.82) is 0 Å². The molecular formula is C23H22N4O4. The van der Waals surface area contributed by atoms with Gasteiger partial charge in [-0.25, -0.2) is 9.48 Å². The van der Waals surface area contributed by atoms with Crippen molar-refractivity contribution in [2.45, 2.75) is 19.9 Å². The minimum Gasteiger partial charge on any atom is -0.497 e. The number of nitrogens with zero attached hydrogens (tertiary/aromatic N) is 2. The molecule has 3 aromatic rings. The predicted molar refractivity (Wildman–Crippen MR) is 117 cm³/mol. The number of carbonyl (C=O) groups excluding carboxylic acids is 1. The number of allylic oxidation sites excluding steroid dienone is 1. The number of anilines is 2. The normalized spacial score (nSPS) is 14.8. The van der Waals surface area contributed by atoms with Crippen LogP contribution in [0.3, 0.4) is 0 Å². The average molecular weight is 418 g/mol. The number of aromatic nitrogens is 2. The van der Waals surface area contributed by atoms with Crippen molar-refractivity contribution in [2.24, 2.45) is 0 Å². The minimum absolute atomic E-state index is 0.0194. The predicted octanol–water partition coefficient (Wildman–Crippen LogP) is 3.74. The van der Waals surface area contributed by atoms with E-state index in [2.05, 4.69) is 15.7 Å². The highest BCUT2D eigenvalue weighted by Crippen LogP contribution is 2.33. The van der Waals surface area contributed by atoms with Crippen LogP contribution >= 0.6 is 0 Å². The first-order chi connectivity index (χ1) is 14.9. The smallest absolute Gasteiger partial charge is 0.352 e. The second kappa shape index (κ2) is 7.98. The molecule has 3 N–H and O–H groups in total. The fraction of sp³-hybridized carbons (Fsp3) is 0.174. The van der Waals surface area contributed by atoms with Crippen LogP contribution in [0.15, 0.2) is 60.4 Å². The molecule has 8 nitrogen and oxygen atoms in total. The molecule has 1 aliphatic rings. The molecule has 2 aromatic carbocycles. The summed E-state index contributed by atoms with van der Waals surface area (Å²) in [6.07, 6.45) is 3.00. The zero-order valence-corrected chi connectivity index (χ0v) is 17.3. The number of carbonyl (C=O) groups is 2. The molecule has 1 aliphatic heterocycles. The Morgan fingerprint density at radius 3 is 2.52 bits per heavy atom. The number of methoxy groups -OCH3 is 1. The van der Waals surface area contributed by atoms with E-state index in [9.17, 15) is 14.7 Å². The molecule has 8 heteroatoms. The summed E-state index contributed by atoms with van der Waals surface area (Å²) in [5.74, 6) is -0.486. The van der Waals surface area contributed by atoms with E-state index in [0.29, 0.717) is 17.3 Å². The van der Waals surface area contributed by atoms with Gasteiger partial charge in [0.05, 0.1) is 19.3 Å². The van der Waals surface area contributed by atoms with Crippen LogP contribution in [0.25, 0.3) is 0 Å². The SMILES string of the molecule is COc1ccc(C2C=C(C(=O)O)Nc3c(C(=O)Nc4ccc(C)c(C)c4)cnn32)cc1. The van der Waals surface area contributed by atoms with Crippen molar-refractivity contribution < 1.29 is 19.4 Å². The van der Waals surface area contributed by atoms with Gasteiger partial charge in [0.1, 0.15) is 22.8 Å². The number of amides is 1. The maximum Gasteiger partial charge on any atom is 0.352 e. The topological polar surface area (TPSA) is 105 Å². The number of ether oxygens (including phenoxy) is 1. The van der Waals surface area contributed by atoms with Gasteiger partial charge in [-0.1, -0.05) is 18.2 Å². The quantitative estimate of drug-likeness (QED) is 0.583. The molecule has 0 bridgehead atoms. The number of hydrogen-bond acceptors (Lipinski definition) is 5. The van der Waals surface area contributed by atoms with E-state index in [1.807, 2.05) is 44.2 Å². The van der Waals surface area contributed by atoms with Crippen molar-refractivity contribution in [3.05, 3.63) is 82.7 Å². The lowest BCUT2D eigenvalue weighted by Crippen LogP contribution is -2.25. The molecule has 158 valence electrons. The number of fused-ring (bicyclic) bond motifs is 1. The number of aryl methyl sites for hydroxylation is 2. The number of carboxylic acids is 1. The van der Waals surface area contributed by atoms with E-state index in [-0.39, 0.29) is 17.2 Å². The van der Waals surface area contributed by atoms with Crippen molar-refractivity contribution >= 4 is 23.4 Å². The van der Waals surface area contributed by atoms with Gasteiger partial charge in [-0.2, -0.15) is 5.10 Å². The van der Waals surface area contributed by atoms with Gasteiger partial charge in [0.25, 0.3) is 5.91 Å². The Hall–Kier alpha value is -4.07. The highest BCUT2D eigenvalue weighted by molar-refractivity contribution is 6.08. The second-order valence-corrected chi connectivity index (χ2v) is 7.33. The molecule has 4 rings (SSSR count). The summed E-state index contributed by atoms with van der Waals surface area (Å²) >= 11 is 0. The average Bonchev–Trinajstić information content (AvgIpc) is 3.20. The van der Waals surface area contributed by atoms with E-state index < -0.39 is 12.0 Å². The van der Waals surface area contributed by atoms with E-state index in [4.69, 9.17) is 4.74 Å². The molecule has 0 saturated carbocycles. The van der Waals surface area contributed by atoms with Gasteiger partial charge in [0.15, 0.2) is 0 Å². The van der Waals surface area contributed by atoms with E-state index in [1.54, 1.807) is 30.0 Å². The largest absolute Gasteiger partial charge is 0.497 e. The van der Waals surface area contributed by atoms with Crippen LogP contribution in [0, 0.1) is 13.8 Å². The number of rotatable bonds is 5. The standard InChI is InChI=1S/C23H22N4O4/c1-13-4-7-16(10-14(13)2)25-22(28)18-12-24-27-20(11-19(23(29)30)26-21(18)27)15-5-8-17(31-3)9-6-15/h4-12,20,26H,1-3H3,(H,25,28)(H,29,30). The first kappa shape index (κ1) is 20.2. The van der Waals surface area contributed by atoms with Crippen LogP contribution in [0.1, 0.15) is 33.1 Å². The fourth-order valence-electron chi connectivity index (χ4n) is 3.44. The fourth-order valence-corrected chi connectivity index (χ4v) is 3.44. The van der Waals surface area contributed by atoms with Gasteiger partial charge >= 0.3 is 5.97 Å². The molecule has 0 spiro atoms. The van der Waals surface area contributed by atoms with Crippen LogP contribution < -0.4 is 15.4 Å². The number of hydrogen-bond donors (Lipinski definition) is 3. The zero-order valence-electron chi connectivity index (χ0n) is 17.3. The third-order valence-corrected chi connectivity index (χ3v) is 5.33. The summed E-state index contributed by atoms with van der Waals surface area (Å²) in [6.45, 7) is 3.97. The minimum atomic E-state index is -1.12. The van der Waals surface area contributed by atoms with Gasteiger partial charge < -0.3 is 20.5 Å². The highest BCUT2D eigenvalue weighted by atomic mass is 16.5. The van der Waals surface area contributed by atoms with Crippen LogP contribution in [-0.4, -0.2) is 33.9 Å². The van der Waals surface area contributed by atoms with Crippen molar-refractivity contribution in [1.82, 2.24) is 9.78 Å². The van der Waals surface area contributed by atoms with Crippen LogP contribution in [-0.2, 0) is 4.79 Å². The van der Waals surface area contributed by atoms with Crippen molar-refractivity contribution in [2.75, 3.05) is 17.7 Å². The summed E-state index contributed by atoms with van der Waals surface area (Å²) < 4.78 is 6.80. The van der Waals surface area contributed by atoms with Gasteiger partial charge in [0.2, 0.25) is 0 Å². The second-order valence-electron chi connectivity index (χ2n) is 7.33. The lowest BCUT2D eigenvalue weighted by Gasteiger charge is -2.24. The van der Waals surface area contributed by atoms with Crippen molar-refractivity contribution in [3.8, 4) is 5.75 Å². The Balaban J connectivity index is 1.69. The molecule has 31 heavy (non-hydrogen) atoms. The molecule has 0 saturated heterocycles. The summed E-state index contributed by atoms with van der Waals surface area (Å²) in [4.78, 5) is 24.7. The number of benzene rings is 2. The summed E-state index contributed by atoms with van der Waals surface area (Å²) in [5.41, 5.74) is 3.89. The maximum absolute atomic E-state index is 13.0. The Morgan fingerprint density at radius 2 is 1.87 bits per heavy atom. The van der Waals surface area contributed by atoms with Gasteiger partial charge in [-0.3, -0.25) is 4.79 Å². The zero-order chi connectivity index (χ0) is 22.1. The van der Waals surface area contributed by atoms with Gasteiger partial charge in [0, 0.05) is 5.69 Å². The molecule has 2 heterocycles. The number of aliphatic carboxylic acids is 1. The van der Waals surface area contributed by atoms with E-state index >= 15 is 0 Å². The van der Waals surface area contributed by atoms with Gasteiger partial charge in [-0.15, -0.1) is 0 Å². The number of carboxylic acid groups (broad SMARTS) is 1. The number of nitrogens with one attached hydrogen (secondary N) is 2. The molecule has 1 aromatic heterocycles. The highest BCUT2D eigenvalue weighted by Gasteiger charge is 2.29. The summed E-state index contributed by atoms with van der Waals surface area (Å²) in [7, 11) is 1.58. The molecule has 1 unspecified atom stereocenters. The van der Waals surface area contributed by atoms with Crippen molar-refractivity contribution in [3.63, 3.8) is 0 Å². The van der Waals surface area contributed by atoms with Crippen LogP contribution in [0.5, 0.6) is 5.75 Å². The Morgan fingerprint density at radius 1 is 1.13 bits per heavy atom. The molecule has 1 atom stereocenters. The molecule has 1 amide bonds. The Kier molecular flexibility index (Phi) is 5.21. The van der Waals surface area contributed by atoms with Gasteiger partial charge in [-0.05, 0) is 60.9 Å². The third kappa shape index (κ3) is 3.87. The summed E-state index contributed by atoms with van der Waals surface area (Å²) in [5, 5.41) is 19.6. The van der Waals surface area contributed by atoms with E-state index in [0.717, 1.165) is 16.7 Å². The maximum atomic E-state index is 13.0. The lowest BCUT2D eigenvalue weighted by molar-refractivity contribution is -0.132. The Bertz CT molecular complexity index is 1190. The third-order valence-electron chi connectivity index (χ3n) is 5.33. The van der Waals surface area contributed by atoms with Crippen LogP contribution in [0.2, 0.25) is 0 Å². The molecule has 0 radical (unpaired) electrons. The lowest BCUT2D eigenvalue weighted by atomic mass is 10.0. The molecular weight excluding hydrogens is 396 g/mol. The molecule has 0 aliphatic carbocycles. The first-order valence-corrected chi connectivity index (χ1v) is 9.69. The summed E-state index contributed by atoms with van der Waals surface area (Å²) in [6, 6.07) is 12.4. The van der Waals surface area contributed by atoms with Crippen LogP contribution in [0.4, 0.5) is 11.5 Å². The monoisotopic (exact) mass is 418 g/mol. The Labute approximate surface area is 179 Å². The molecule has 0 fully saturated rings. The first-order valence-electron chi connectivity index (χ1n) is 9.69. The van der Waals surface area contributed by atoms with E-state index in [1.165, 1.54) is 6.20 Å².